The second-order valence-corrected chi connectivity index (χ2v) is 7.39. The average Bonchev–Trinajstić information content (AvgIpc) is 2.71. The van der Waals surface area contributed by atoms with Crippen LogP contribution in [-0.2, 0) is 11.2 Å². The molecule has 1 aromatic rings. The third-order valence-corrected chi connectivity index (χ3v) is 6.19. The van der Waals surface area contributed by atoms with Crippen LogP contribution in [0.1, 0.15) is 49.8 Å². The number of allylic oxidation sites excluding steroid dienone is 2. The fourth-order valence-electron chi connectivity index (χ4n) is 4.99. The molecule has 0 bridgehead atoms. The predicted octanol–water partition coefficient (Wildman–Crippen LogP) is 3.48. The number of nitrogens with zero attached hydrogens (tertiary/aromatic N) is 2. The van der Waals surface area contributed by atoms with Crippen molar-refractivity contribution in [3.05, 3.63) is 34.5 Å². The van der Waals surface area contributed by atoms with Gasteiger partial charge in [0.1, 0.15) is 0 Å². The second kappa shape index (κ2) is 6.91. The molecule has 0 aromatic heterocycles. The number of methoxy groups -OCH3 is 2. The molecule has 27 heavy (non-hydrogen) atoms. The van der Waals surface area contributed by atoms with E-state index < -0.39 is 0 Å². The Kier molecular flexibility index (Phi) is 4.58. The molecular formula is C21H26N2O4. The Labute approximate surface area is 159 Å². The van der Waals surface area contributed by atoms with Crippen LogP contribution >= 0.6 is 0 Å². The maximum atomic E-state index is 12.7. The molecule has 0 fully saturated rings. The summed E-state index contributed by atoms with van der Waals surface area (Å²) in [6.07, 6.45) is 3.93. The van der Waals surface area contributed by atoms with E-state index in [1.54, 1.807) is 14.2 Å². The molecule has 144 valence electrons. The van der Waals surface area contributed by atoms with Crippen LogP contribution in [-0.4, -0.2) is 42.4 Å². The number of carbonyl (C=O) groups excluding carboxylic acids is 1. The number of ether oxygens (including phenoxy) is 2. The molecule has 6 nitrogen and oxygen atoms in total. The van der Waals surface area contributed by atoms with Gasteiger partial charge in [-0.05, 0) is 48.9 Å². The lowest BCUT2D eigenvalue weighted by Gasteiger charge is -2.49. The van der Waals surface area contributed by atoms with Gasteiger partial charge in [0.25, 0.3) is 0 Å². The van der Waals surface area contributed by atoms with Crippen LogP contribution in [0, 0.1) is 5.92 Å². The molecule has 0 saturated carbocycles. The molecule has 6 heteroatoms. The molecule has 0 radical (unpaired) electrons. The minimum atomic E-state index is -0.0343. The van der Waals surface area contributed by atoms with Crippen LogP contribution in [0.4, 0.5) is 0 Å². The molecule has 1 aromatic carbocycles. The van der Waals surface area contributed by atoms with Crippen molar-refractivity contribution in [3.63, 3.8) is 0 Å². The van der Waals surface area contributed by atoms with Crippen molar-refractivity contribution in [1.82, 2.24) is 4.90 Å². The number of carbonyl (C=O) groups is 1. The van der Waals surface area contributed by atoms with E-state index in [1.165, 1.54) is 11.1 Å². The summed E-state index contributed by atoms with van der Waals surface area (Å²) in [6, 6.07) is 4.16. The van der Waals surface area contributed by atoms with Crippen molar-refractivity contribution in [2.45, 2.75) is 45.1 Å². The van der Waals surface area contributed by atoms with Gasteiger partial charge in [0.2, 0.25) is 0 Å². The second-order valence-electron chi connectivity index (χ2n) is 7.39. The molecule has 0 spiro atoms. The summed E-state index contributed by atoms with van der Waals surface area (Å²) in [6.45, 7) is 2.94. The maximum Gasteiger partial charge on any atom is 0.166 e. The summed E-state index contributed by atoms with van der Waals surface area (Å²) < 4.78 is 11.0. The minimum Gasteiger partial charge on any atom is -0.493 e. The molecule has 1 aliphatic carbocycles. The van der Waals surface area contributed by atoms with Gasteiger partial charge in [0, 0.05) is 24.6 Å². The molecule has 4 rings (SSSR count). The van der Waals surface area contributed by atoms with Crippen molar-refractivity contribution in [3.8, 4) is 11.5 Å². The summed E-state index contributed by atoms with van der Waals surface area (Å²) in [4.78, 5) is 15.0. The van der Waals surface area contributed by atoms with Gasteiger partial charge in [0.05, 0.1) is 31.5 Å². The Morgan fingerprint density at radius 2 is 1.93 bits per heavy atom. The maximum absolute atomic E-state index is 12.7. The standard InChI is InChI=1S/C21H26N2O4/c1-4-13-20(22-25)19-15(6-5-7-16(19)24)23-9-8-12-10-17(26-2)18(27-3)11-14(12)21(13)23/h10-11,13,21,25H,4-9H2,1-3H3. The summed E-state index contributed by atoms with van der Waals surface area (Å²) in [5.41, 5.74) is 4.68. The van der Waals surface area contributed by atoms with E-state index in [0.29, 0.717) is 23.5 Å². The van der Waals surface area contributed by atoms with E-state index in [4.69, 9.17) is 9.47 Å². The Bertz CT molecular complexity index is 843. The van der Waals surface area contributed by atoms with Gasteiger partial charge in [-0.2, -0.15) is 0 Å². The van der Waals surface area contributed by atoms with E-state index in [2.05, 4.69) is 29.1 Å². The summed E-state index contributed by atoms with van der Waals surface area (Å²) in [5, 5.41) is 13.4. The van der Waals surface area contributed by atoms with Gasteiger partial charge in [-0.3, -0.25) is 4.79 Å². The van der Waals surface area contributed by atoms with E-state index in [9.17, 15) is 10.0 Å². The van der Waals surface area contributed by atoms with Crippen LogP contribution in [0.2, 0.25) is 0 Å². The molecule has 2 aliphatic heterocycles. The molecule has 2 unspecified atom stereocenters. The number of hydrogen-bond acceptors (Lipinski definition) is 6. The van der Waals surface area contributed by atoms with Crippen molar-refractivity contribution in [1.29, 1.82) is 0 Å². The fourth-order valence-corrected chi connectivity index (χ4v) is 4.99. The van der Waals surface area contributed by atoms with Crippen molar-refractivity contribution >= 4 is 11.5 Å². The first kappa shape index (κ1) is 17.9. The quantitative estimate of drug-likeness (QED) is 0.651. The predicted molar refractivity (Wildman–Crippen MR) is 102 cm³/mol. The SMILES string of the molecule is CCC1C(=NO)C2=C(CCCC2=O)N2CCc3cc(OC)c(OC)cc3C12. The summed E-state index contributed by atoms with van der Waals surface area (Å²) in [7, 11) is 3.29. The topological polar surface area (TPSA) is 71.4 Å². The van der Waals surface area contributed by atoms with Crippen molar-refractivity contribution in [2.75, 3.05) is 20.8 Å². The Balaban J connectivity index is 1.91. The zero-order chi connectivity index (χ0) is 19.1. The normalized spacial score (nSPS) is 25.8. The Morgan fingerprint density at radius 3 is 2.59 bits per heavy atom. The van der Waals surface area contributed by atoms with Gasteiger partial charge in [0.15, 0.2) is 17.3 Å². The number of oxime groups is 1. The zero-order valence-electron chi connectivity index (χ0n) is 16.1. The lowest BCUT2D eigenvalue weighted by Crippen LogP contribution is -2.48. The van der Waals surface area contributed by atoms with E-state index in [0.717, 1.165) is 43.7 Å². The lowest BCUT2D eigenvalue weighted by molar-refractivity contribution is -0.116. The van der Waals surface area contributed by atoms with E-state index in [1.807, 2.05) is 0 Å². The Hall–Kier alpha value is -2.50. The molecule has 2 heterocycles. The number of rotatable bonds is 3. The van der Waals surface area contributed by atoms with Crippen molar-refractivity contribution < 1.29 is 19.5 Å². The van der Waals surface area contributed by atoms with Crippen LogP contribution < -0.4 is 9.47 Å². The fraction of sp³-hybridized carbons (Fsp3) is 0.524. The zero-order valence-corrected chi connectivity index (χ0v) is 16.1. The number of hydrogen-bond donors (Lipinski definition) is 1. The number of Topliss-reactive ketones (excluding diaryl/α,β-unsaturated/α-hetero) is 1. The van der Waals surface area contributed by atoms with Crippen molar-refractivity contribution in [2.24, 2.45) is 11.1 Å². The molecule has 2 atom stereocenters. The molecule has 3 aliphatic rings. The Morgan fingerprint density at radius 1 is 1.19 bits per heavy atom. The molecule has 0 amide bonds. The number of benzene rings is 1. The van der Waals surface area contributed by atoms with Crippen LogP contribution in [0.25, 0.3) is 0 Å². The highest BCUT2D eigenvalue weighted by atomic mass is 16.5. The highest BCUT2D eigenvalue weighted by molar-refractivity contribution is 6.24. The monoisotopic (exact) mass is 370 g/mol. The van der Waals surface area contributed by atoms with E-state index in [-0.39, 0.29) is 17.7 Å². The summed E-state index contributed by atoms with van der Waals surface area (Å²) in [5.74, 6) is 1.51. The highest BCUT2D eigenvalue weighted by Gasteiger charge is 2.46. The smallest absolute Gasteiger partial charge is 0.166 e. The minimum absolute atomic E-state index is 0.0343. The number of ketones is 1. The first-order chi connectivity index (χ1) is 13.1. The summed E-state index contributed by atoms with van der Waals surface area (Å²) >= 11 is 0. The van der Waals surface area contributed by atoms with Gasteiger partial charge >= 0.3 is 0 Å². The third-order valence-electron chi connectivity index (χ3n) is 6.19. The highest BCUT2D eigenvalue weighted by Crippen LogP contribution is 2.49. The number of fused-ring (bicyclic) bond motifs is 4. The first-order valence-corrected chi connectivity index (χ1v) is 9.64. The van der Waals surface area contributed by atoms with E-state index >= 15 is 0 Å². The average molecular weight is 370 g/mol. The van der Waals surface area contributed by atoms with Gasteiger partial charge in [-0.1, -0.05) is 12.1 Å². The third kappa shape index (κ3) is 2.61. The largest absolute Gasteiger partial charge is 0.493 e. The van der Waals surface area contributed by atoms with Crippen LogP contribution in [0.3, 0.4) is 0 Å². The lowest BCUT2D eigenvalue weighted by atomic mass is 9.72. The molecule has 1 N–H and O–H groups in total. The van der Waals surface area contributed by atoms with Gasteiger partial charge < -0.3 is 19.6 Å². The van der Waals surface area contributed by atoms with Crippen LogP contribution in [0.15, 0.2) is 28.6 Å². The van der Waals surface area contributed by atoms with Crippen LogP contribution in [0.5, 0.6) is 11.5 Å². The molecular weight excluding hydrogens is 344 g/mol. The van der Waals surface area contributed by atoms with Gasteiger partial charge in [-0.25, -0.2) is 0 Å². The molecule has 0 saturated heterocycles. The van der Waals surface area contributed by atoms with Gasteiger partial charge in [-0.15, -0.1) is 0 Å². The first-order valence-electron chi connectivity index (χ1n) is 9.64.